The third kappa shape index (κ3) is 4.88. The van der Waals surface area contributed by atoms with Gasteiger partial charge in [-0.1, -0.05) is 0 Å². The molecule has 0 bridgehead atoms. The van der Waals surface area contributed by atoms with Gasteiger partial charge in [-0.25, -0.2) is 0 Å². The molecule has 1 saturated heterocycles. The summed E-state index contributed by atoms with van der Waals surface area (Å²) < 4.78 is 0. The topological polar surface area (TPSA) is 18.5 Å². The lowest BCUT2D eigenvalue weighted by Crippen LogP contribution is -2.46. The number of thiophene rings is 1. The fourth-order valence-electron chi connectivity index (χ4n) is 2.68. The lowest BCUT2D eigenvalue weighted by Gasteiger charge is -2.36. The molecule has 0 aromatic carbocycles. The molecule has 1 atom stereocenters. The van der Waals surface area contributed by atoms with E-state index in [0.29, 0.717) is 0 Å². The van der Waals surface area contributed by atoms with Crippen LogP contribution in [0.1, 0.15) is 22.6 Å². The molecule has 0 radical (unpaired) electrons. The molecule has 1 N–H and O–H groups in total. The third-order valence-electron chi connectivity index (χ3n) is 3.91. The van der Waals surface area contributed by atoms with Crippen molar-refractivity contribution in [3.05, 3.63) is 21.9 Å². The van der Waals surface area contributed by atoms with Crippen LogP contribution in [0, 0.1) is 6.92 Å². The molecule has 108 valence electrons. The first kappa shape index (κ1) is 15.0. The van der Waals surface area contributed by atoms with Crippen LogP contribution in [0.15, 0.2) is 12.1 Å². The molecule has 0 saturated carbocycles. The van der Waals surface area contributed by atoms with Gasteiger partial charge in [-0.05, 0) is 52.5 Å². The van der Waals surface area contributed by atoms with Gasteiger partial charge in [0.2, 0.25) is 0 Å². The van der Waals surface area contributed by atoms with Crippen LogP contribution in [-0.4, -0.2) is 56.1 Å². The zero-order valence-electron chi connectivity index (χ0n) is 12.5. The Kier molecular flexibility index (Phi) is 5.82. The van der Waals surface area contributed by atoms with Gasteiger partial charge in [0.25, 0.3) is 0 Å². The van der Waals surface area contributed by atoms with Crippen molar-refractivity contribution in [2.45, 2.75) is 32.4 Å². The second kappa shape index (κ2) is 7.39. The largest absolute Gasteiger partial charge is 0.311 e. The van der Waals surface area contributed by atoms with E-state index in [0.717, 1.165) is 19.1 Å². The minimum Gasteiger partial charge on any atom is -0.311 e. The number of nitrogens with zero attached hydrogens (tertiary/aromatic N) is 2. The van der Waals surface area contributed by atoms with Gasteiger partial charge in [-0.3, -0.25) is 0 Å². The van der Waals surface area contributed by atoms with Gasteiger partial charge in [0.05, 0.1) is 0 Å². The number of likely N-dealkylation sites (N-methyl/N-ethyl adjacent to an activating group) is 1. The highest BCUT2D eigenvalue weighted by atomic mass is 32.1. The Morgan fingerprint density at radius 1 is 1.42 bits per heavy atom. The third-order valence-corrected chi connectivity index (χ3v) is 4.91. The summed E-state index contributed by atoms with van der Waals surface area (Å²) in [6.45, 7) is 7.95. The van der Waals surface area contributed by atoms with Crippen LogP contribution in [-0.2, 0) is 6.54 Å². The number of rotatable bonds is 6. The van der Waals surface area contributed by atoms with Crippen molar-refractivity contribution in [3.63, 3.8) is 0 Å². The van der Waals surface area contributed by atoms with E-state index >= 15 is 0 Å². The molecule has 1 aliphatic heterocycles. The van der Waals surface area contributed by atoms with Gasteiger partial charge < -0.3 is 15.1 Å². The van der Waals surface area contributed by atoms with Crippen molar-refractivity contribution in [1.29, 1.82) is 0 Å². The molecule has 1 fully saturated rings. The fourth-order valence-corrected chi connectivity index (χ4v) is 3.54. The summed E-state index contributed by atoms with van der Waals surface area (Å²) in [5, 5.41) is 3.56. The quantitative estimate of drug-likeness (QED) is 0.806. The van der Waals surface area contributed by atoms with Gasteiger partial charge in [0.15, 0.2) is 0 Å². The van der Waals surface area contributed by atoms with Gasteiger partial charge >= 0.3 is 0 Å². The number of piperidine rings is 1. The molecule has 4 heteroatoms. The molecule has 0 spiro atoms. The van der Waals surface area contributed by atoms with Crippen LogP contribution in [0.2, 0.25) is 0 Å². The highest BCUT2D eigenvalue weighted by molar-refractivity contribution is 7.11. The van der Waals surface area contributed by atoms with E-state index in [9.17, 15) is 0 Å². The van der Waals surface area contributed by atoms with Crippen LogP contribution in [0.25, 0.3) is 0 Å². The van der Waals surface area contributed by atoms with Crippen molar-refractivity contribution in [2.75, 3.05) is 40.3 Å². The average molecular weight is 281 g/mol. The second-order valence-corrected chi connectivity index (χ2v) is 7.12. The molecule has 0 amide bonds. The standard InChI is InChI=1S/C15H27N3S/c1-13-6-7-15(19-13)11-16-8-10-18-9-4-5-14(12-18)17(2)3/h6-7,14,16H,4-5,8-12H2,1-3H3. The summed E-state index contributed by atoms with van der Waals surface area (Å²) >= 11 is 1.90. The molecular formula is C15H27N3S. The smallest absolute Gasteiger partial charge is 0.0300 e. The monoisotopic (exact) mass is 281 g/mol. The highest BCUT2D eigenvalue weighted by Crippen LogP contribution is 2.15. The first-order valence-electron chi connectivity index (χ1n) is 7.30. The number of likely N-dealkylation sites (tertiary alicyclic amines) is 1. The van der Waals surface area contributed by atoms with E-state index in [2.05, 4.69) is 48.3 Å². The van der Waals surface area contributed by atoms with Crippen molar-refractivity contribution in [1.82, 2.24) is 15.1 Å². The fraction of sp³-hybridized carbons (Fsp3) is 0.733. The van der Waals surface area contributed by atoms with Crippen molar-refractivity contribution < 1.29 is 0 Å². The lowest BCUT2D eigenvalue weighted by molar-refractivity contribution is 0.134. The van der Waals surface area contributed by atoms with E-state index in [1.54, 1.807) is 0 Å². The summed E-state index contributed by atoms with van der Waals surface area (Å²) in [6.07, 6.45) is 2.69. The molecule has 1 unspecified atom stereocenters. The molecular weight excluding hydrogens is 254 g/mol. The summed E-state index contributed by atoms with van der Waals surface area (Å²) in [5.74, 6) is 0. The molecule has 2 rings (SSSR count). The SMILES string of the molecule is Cc1ccc(CNCCN2CCCC(N(C)C)C2)s1. The minimum atomic E-state index is 0.744. The molecule has 0 aliphatic carbocycles. The molecule has 2 heterocycles. The van der Waals surface area contributed by atoms with Gasteiger partial charge in [-0.2, -0.15) is 0 Å². The zero-order valence-corrected chi connectivity index (χ0v) is 13.3. The van der Waals surface area contributed by atoms with Crippen molar-refractivity contribution in [3.8, 4) is 0 Å². The maximum absolute atomic E-state index is 3.56. The van der Waals surface area contributed by atoms with Gasteiger partial charge in [0.1, 0.15) is 0 Å². The summed E-state index contributed by atoms with van der Waals surface area (Å²) in [7, 11) is 4.40. The van der Waals surface area contributed by atoms with Crippen LogP contribution in [0.3, 0.4) is 0 Å². The number of nitrogens with one attached hydrogen (secondary N) is 1. The van der Waals surface area contributed by atoms with E-state index in [1.165, 1.54) is 42.2 Å². The zero-order chi connectivity index (χ0) is 13.7. The Labute approximate surface area is 121 Å². The van der Waals surface area contributed by atoms with Crippen molar-refractivity contribution >= 4 is 11.3 Å². The molecule has 1 aromatic rings. The predicted octanol–water partition coefficient (Wildman–Crippen LogP) is 2.17. The molecule has 3 nitrogen and oxygen atoms in total. The Hall–Kier alpha value is -0.420. The summed E-state index contributed by atoms with van der Waals surface area (Å²) in [4.78, 5) is 7.82. The number of hydrogen-bond acceptors (Lipinski definition) is 4. The minimum absolute atomic E-state index is 0.744. The lowest BCUT2D eigenvalue weighted by atomic mass is 10.1. The van der Waals surface area contributed by atoms with E-state index in [1.807, 2.05) is 11.3 Å². The number of hydrogen-bond donors (Lipinski definition) is 1. The Morgan fingerprint density at radius 3 is 2.95 bits per heavy atom. The Balaban J connectivity index is 1.62. The van der Waals surface area contributed by atoms with Crippen molar-refractivity contribution in [2.24, 2.45) is 0 Å². The number of aryl methyl sites for hydroxylation is 1. The van der Waals surface area contributed by atoms with Gasteiger partial charge in [0, 0.05) is 42.0 Å². The summed E-state index contributed by atoms with van der Waals surface area (Å²) in [6, 6.07) is 5.18. The van der Waals surface area contributed by atoms with Crippen LogP contribution < -0.4 is 5.32 Å². The first-order chi connectivity index (χ1) is 9.15. The maximum Gasteiger partial charge on any atom is 0.0300 e. The van der Waals surface area contributed by atoms with E-state index in [4.69, 9.17) is 0 Å². The molecule has 1 aromatic heterocycles. The maximum atomic E-state index is 3.56. The second-order valence-electron chi connectivity index (χ2n) is 5.75. The molecule has 19 heavy (non-hydrogen) atoms. The first-order valence-corrected chi connectivity index (χ1v) is 8.11. The Bertz CT molecular complexity index is 375. The van der Waals surface area contributed by atoms with E-state index in [-0.39, 0.29) is 0 Å². The van der Waals surface area contributed by atoms with Crippen LogP contribution >= 0.6 is 11.3 Å². The Morgan fingerprint density at radius 2 is 2.26 bits per heavy atom. The van der Waals surface area contributed by atoms with Crippen LogP contribution in [0.5, 0.6) is 0 Å². The van der Waals surface area contributed by atoms with E-state index < -0.39 is 0 Å². The predicted molar refractivity (Wildman–Crippen MR) is 83.9 cm³/mol. The van der Waals surface area contributed by atoms with Gasteiger partial charge in [-0.15, -0.1) is 11.3 Å². The normalized spacial score (nSPS) is 21.2. The highest BCUT2D eigenvalue weighted by Gasteiger charge is 2.20. The average Bonchev–Trinajstić information content (AvgIpc) is 2.81. The molecule has 1 aliphatic rings. The summed E-state index contributed by atoms with van der Waals surface area (Å²) in [5.41, 5.74) is 0. The van der Waals surface area contributed by atoms with Crippen LogP contribution in [0.4, 0.5) is 0 Å².